The van der Waals surface area contributed by atoms with Gasteiger partial charge in [-0.2, -0.15) is 0 Å². The molecule has 0 amide bonds. The lowest BCUT2D eigenvalue weighted by molar-refractivity contribution is 0.180. The second-order valence-corrected chi connectivity index (χ2v) is 4.05. The average molecular weight is 171 g/mol. The Kier molecular flexibility index (Phi) is 2.35. The molecule has 1 saturated carbocycles. The van der Waals surface area contributed by atoms with Crippen LogP contribution >= 0.6 is 0 Å². The molecule has 1 atom stereocenters. The topological polar surface area (TPSA) is 41.5 Å². The van der Waals surface area contributed by atoms with Gasteiger partial charge >= 0.3 is 0 Å². The molecule has 3 heteroatoms. The van der Waals surface area contributed by atoms with Crippen LogP contribution in [0.4, 0.5) is 0 Å². The molecule has 0 spiro atoms. The van der Waals surface area contributed by atoms with Crippen molar-refractivity contribution in [1.29, 1.82) is 0 Å². The van der Waals surface area contributed by atoms with Crippen LogP contribution in [0.5, 0.6) is 0 Å². The van der Waals surface area contributed by atoms with Crippen LogP contribution in [0, 0.1) is 5.92 Å². The highest BCUT2D eigenvalue weighted by Gasteiger charge is 2.41. The van der Waals surface area contributed by atoms with Crippen LogP contribution in [0.25, 0.3) is 0 Å². The van der Waals surface area contributed by atoms with E-state index < -0.39 is 0 Å². The normalized spacial score (nSPS) is 32.2. The highest BCUT2D eigenvalue weighted by atomic mass is 16.5. The Morgan fingerprint density at radius 2 is 2.33 bits per heavy atom. The quantitative estimate of drug-likeness (QED) is 0.632. The molecule has 2 fully saturated rings. The summed E-state index contributed by atoms with van der Waals surface area (Å²) in [7, 11) is 0. The van der Waals surface area contributed by atoms with Gasteiger partial charge in [-0.15, -0.1) is 0 Å². The van der Waals surface area contributed by atoms with Crippen molar-refractivity contribution in [3.63, 3.8) is 0 Å². The van der Waals surface area contributed by atoms with Gasteiger partial charge in [-0.05, 0) is 25.2 Å². The summed E-state index contributed by atoms with van der Waals surface area (Å²) in [6.07, 6.45) is 3.45. The molecule has 0 bridgehead atoms. The summed E-state index contributed by atoms with van der Waals surface area (Å²) < 4.78 is 5.27. The molecule has 0 radical (unpaired) electrons. The van der Waals surface area contributed by atoms with Gasteiger partial charge in [0.15, 0.2) is 0 Å². The molecule has 70 valence electrons. The molecular weight excluding hydrogens is 154 g/mol. The third-order valence-electron chi connectivity index (χ3n) is 2.95. The third kappa shape index (κ3) is 1.79. The largest absolute Gasteiger partial charge is 0.394 e. The minimum absolute atomic E-state index is 0.0998. The second-order valence-electron chi connectivity index (χ2n) is 4.05. The number of aliphatic hydroxyl groups excluding tert-OH is 1. The van der Waals surface area contributed by atoms with Crippen LogP contribution in [-0.4, -0.2) is 37.0 Å². The minimum atomic E-state index is 0.0998. The predicted molar refractivity (Wildman–Crippen MR) is 46.0 cm³/mol. The number of aliphatic hydroxyl groups is 1. The molecule has 0 aromatic heterocycles. The van der Waals surface area contributed by atoms with Crippen LogP contribution in [-0.2, 0) is 4.74 Å². The number of hydrogen-bond acceptors (Lipinski definition) is 3. The Morgan fingerprint density at radius 3 is 2.83 bits per heavy atom. The lowest BCUT2D eigenvalue weighted by Gasteiger charge is -2.16. The van der Waals surface area contributed by atoms with Crippen LogP contribution in [0.1, 0.15) is 19.3 Å². The lowest BCUT2D eigenvalue weighted by Crippen LogP contribution is -2.38. The first-order valence-electron chi connectivity index (χ1n) is 4.78. The summed E-state index contributed by atoms with van der Waals surface area (Å²) in [4.78, 5) is 0. The fourth-order valence-corrected chi connectivity index (χ4v) is 1.65. The predicted octanol–water partition coefficient (Wildman–Crippen LogP) is 0.137. The molecule has 2 aliphatic rings. The van der Waals surface area contributed by atoms with Gasteiger partial charge < -0.3 is 15.2 Å². The molecule has 2 rings (SSSR count). The molecule has 1 saturated heterocycles. The van der Waals surface area contributed by atoms with Crippen molar-refractivity contribution in [3.05, 3.63) is 0 Å². The Morgan fingerprint density at radius 1 is 1.50 bits per heavy atom. The van der Waals surface area contributed by atoms with Gasteiger partial charge in [0.1, 0.15) is 0 Å². The summed E-state index contributed by atoms with van der Waals surface area (Å²) in [5, 5.41) is 12.5. The van der Waals surface area contributed by atoms with E-state index in [2.05, 4.69) is 5.32 Å². The zero-order valence-electron chi connectivity index (χ0n) is 7.38. The van der Waals surface area contributed by atoms with Crippen molar-refractivity contribution in [2.45, 2.75) is 24.8 Å². The maximum absolute atomic E-state index is 9.04. The van der Waals surface area contributed by atoms with E-state index >= 15 is 0 Å². The van der Waals surface area contributed by atoms with Crippen molar-refractivity contribution in [1.82, 2.24) is 5.32 Å². The van der Waals surface area contributed by atoms with E-state index in [1.165, 1.54) is 6.42 Å². The highest BCUT2D eigenvalue weighted by Crippen LogP contribution is 2.34. The van der Waals surface area contributed by atoms with E-state index in [0.717, 1.165) is 32.6 Å². The first kappa shape index (κ1) is 8.48. The van der Waals surface area contributed by atoms with E-state index in [0.29, 0.717) is 12.5 Å². The molecule has 1 unspecified atom stereocenters. The number of rotatable bonds is 4. The standard InChI is InChI=1S/C9H17NO2/c11-7-9(2-3-9)10-5-8-1-4-12-6-8/h8,10-11H,1-7H2. The highest BCUT2D eigenvalue weighted by molar-refractivity contribution is 5.01. The third-order valence-corrected chi connectivity index (χ3v) is 2.95. The molecule has 1 heterocycles. The van der Waals surface area contributed by atoms with Crippen molar-refractivity contribution in [2.24, 2.45) is 5.92 Å². The van der Waals surface area contributed by atoms with Crippen molar-refractivity contribution in [3.8, 4) is 0 Å². The fourth-order valence-electron chi connectivity index (χ4n) is 1.65. The number of nitrogens with one attached hydrogen (secondary N) is 1. The Bertz CT molecular complexity index is 151. The van der Waals surface area contributed by atoms with Gasteiger partial charge in [-0.1, -0.05) is 0 Å². The summed E-state index contributed by atoms with van der Waals surface area (Å²) in [5.74, 6) is 0.675. The molecule has 0 aromatic carbocycles. The Hall–Kier alpha value is -0.120. The number of hydrogen-bond donors (Lipinski definition) is 2. The minimum Gasteiger partial charge on any atom is -0.394 e. The number of ether oxygens (including phenoxy) is 1. The first-order chi connectivity index (χ1) is 5.85. The molecule has 1 aliphatic carbocycles. The van der Waals surface area contributed by atoms with Gasteiger partial charge in [0.05, 0.1) is 13.2 Å². The van der Waals surface area contributed by atoms with Crippen LogP contribution in [0.2, 0.25) is 0 Å². The van der Waals surface area contributed by atoms with Crippen LogP contribution in [0.15, 0.2) is 0 Å². The van der Waals surface area contributed by atoms with E-state index in [1.54, 1.807) is 0 Å². The molecule has 2 N–H and O–H groups in total. The van der Waals surface area contributed by atoms with E-state index in [4.69, 9.17) is 9.84 Å². The maximum Gasteiger partial charge on any atom is 0.0613 e. The van der Waals surface area contributed by atoms with Crippen molar-refractivity contribution < 1.29 is 9.84 Å². The SMILES string of the molecule is OCC1(NCC2CCOC2)CC1. The summed E-state index contributed by atoms with van der Waals surface area (Å²) in [5.41, 5.74) is 0.0998. The summed E-state index contributed by atoms with van der Waals surface area (Å²) in [6.45, 7) is 3.12. The Labute approximate surface area is 73.1 Å². The molecule has 3 nitrogen and oxygen atoms in total. The maximum atomic E-state index is 9.04. The Balaban J connectivity index is 1.67. The van der Waals surface area contributed by atoms with Gasteiger partial charge in [0, 0.05) is 18.7 Å². The van der Waals surface area contributed by atoms with E-state index in [-0.39, 0.29) is 5.54 Å². The fraction of sp³-hybridized carbons (Fsp3) is 1.00. The van der Waals surface area contributed by atoms with Gasteiger partial charge in [0.25, 0.3) is 0 Å². The van der Waals surface area contributed by atoms with Crippen molar-refractivity contribution >= 4 is 0 Å². The van der Waals surface area contributed by atoms with Crippen LogP contribution in [0.3, 0.4) is 0 Å². The second kappa shape index (κ2) is 3.32. The van der Waals surface area contributed by atoms with Crippen molar-refractivity contribution in [2.75, 3.05) is 26.4 Å². The van der Waals surface area contributed by atoms with E-state index in [1.807, 2.05) is 0 Å². The first-order valence-corrected chi connectivity index (χ1v) is 4.78. The summed E-state index contributed by atoms with van der Waals surface area (Å²) in [6, 6.07) is 0. The monoisotopic (exact) mass is 171 g/mol. The average Bonchev–Trinajstić information content (AvgIpc) is 2.70. The van der Waals surface area contributed by atoms with Gasteiger partial charge in [0.2, 0.25) is 0 Å². The zero-order chi connectivity index (χ0) is 8.44. The smallest absolute Gasteiger partial charge is 0.0613 e. The lowest BCUT2D eigenvalue weighted by atomic mass is 10.1. The summed E-state index contributed by atoms with van der Waals surface area (Å²) >= 11 is 0. The molecular formula is C9H17NO2. The van der Waals surface area contributed by atoms with Gasteiger partial charge in [-0.3, -0.25) is 0 Å². The van der Waals surface area contributed by atoms with E-state index in [9.17, 15) is 0 Å². The molecule has 1 aliphatic heterocycles. The van der Waals surface area contributed by atoms with Gasteiger partial charge in [-0.25, -0.2) is 0 Å². The molecule has 12 heavy (non-hydrogen) atoms. The van der Waals surface area contributed by atoms with Crippen LogP contribution < -0.4 is 5.32 Å². The molecule has 0 aromatic rings. The zero-order valence-corrected chi connectivity index (χ0v) is 7.38.